The number of rotatable bonds is 5. The molecule has 0 aliphatic carbocycles. The van der Waals surface area contributed by atoms with E-state index in [9.17, 15) is 4.79 Å². The number of hydrazone groups is 1. The second-order valence-electron chi connectivity index (χ2n) is 6.45. The Labute approximate surface area is 156 Å². The van der Waals surface area contributed by atoms with Crippen LogP contribution in [0.15, 0.2) is 65.4 Å². The van der Waals surface area contributed by atoms with Gasteiger partial charge in [-0.1, -0.05) is 36.4 Å². The molecule has 6 heteroatoms. The number of nitrogens with zero attached hydrogens (tertiary/aromatic N) is 1. The van der Waals surface area contributed by atoms with Crippen LogP contribution >= 0.6 is 0 Å². The fraction of sp³-hybridized carbons (Fsp3) is 0.143. The second kappa shape index (κ2) is 7.47. The van der Waals surface area contributed by atoms with Gasteiger partial charge in [0.05, 0.1) is 12.3 Å². The maximum Gasteiger partial charge on any atom is 0.257 e. The molecule has 27 heavy (non-hydrogen) atoms. The summed E-state index contributed by atoms with van der Waals surface area (Å²) in [6.07, 6.45) is 5.90. The molecule has 6 nitrogen and oxygen atoms in total. The fourth-order valence-corrected chi connectivity index (χ4v) is 3.10. The molecule has 1 aromatic heterocycles. The van der Waals surface area contributed by atoms with Gasteiger partial charge in [-0.2, -0.15) is 5.10 Å². The first-order valence-electron chi connectivity index (χ1n) is 8.76. The first kappa shape index (κ1) is 17.1. The standard InChI is InChI=1S/C21H20N4O2/c22-18(10-16-12-23-19-7-3-2-6-17(16)19)21(26)25-24-11-14-9-15-5-1-4-8-20(15)27-13-14/h1-9,11-12,18,23H,10,13,22H2,(H,25,26)/b24-11-/t18-/m0/s1. The highest BCUT2D eigenvalue weighted by Crippen LogP contribution is 2.24. The summed E-state index contributed by atoms with van der Waals surface area (Å²) in [5.41, 5.74) is 12.5. The quantitative estimate of drug-likeness (QED) is 0.482. The van der Waals surface area contributed by atoms with Crippen molar-refractivity contribution in [1.29, 1.82) is 0 Å². The highest BCUT2D eigenvalue weighted by atomic mass is 16.5. The lowest BCUT2D eigenvalue weighted by Gasteiger charge is -2.15. The van der Waals surface area contributed by atoms with Crippen molar-refractivity contribution in [2.24, 2.45) is 10.8 Å². The van der Waals surface area contributed by atoms with E-state index in [2.05, 4.69) is 15.5 Å². The van der Waals surface area contributed by atoms with Gasteiger partial charge in [-0.05, 0) is 30.2 Å². The van der Waals surface area contributed by atoms with Gasteiger partial charge in [0.2, 0.25) is 0 Å². The summed E-state index contributed by atoms with van der Waals surface area (Å²) in [6, 6.07) is 15.0. The zero-order valence-electron chi connectivity index (χ0n) is 14.7. The number of H-pyrrole nitrogens is 1. The van der Waals surface area contributed by atoms with Crippen LogP contribution < -0.4 is 15.9 Å². The van der Waals surface area contributed by atoms with Crippen molar-refractivity contribution in [2.75, 3.05) is 6.61 Å². The summed E-state index contributed by atoms with van der Waals surface area (Å²) in [4.78, 5) is 15.4. The van der Waals surface area contributed by atoms with E-state index < -0.39 is 6.04 Å². The van der Waals surface area contributed by atoms with Gasteiger partial charge in [-0.25, -0.2) is 5.43 Å². The predicted molar refractivity (Wildman–Crippen MR) is 107 cm³/mol. The molecule has 0 fully saturated rings. The number of fused-ring (bicyclic) bond motifs is 2. The van der Waals surface area contributed by atoms with E-state index in [4.69, 9.17) is 10.5 Å². The lowest BCUT2D eigenvalue weighted by molar-refractivity contribution is -0.122. The van der Waals surface area contributed by atoms with Crippen molar-refractivity contribution in [3.8, 4) is 5.75 Å². The number of ether oxygens (including phenoxy) is 1. The molecule has 1 aliphatic rings. The molecule has 0 bridgehead atoms. The van der Waals surface area contributed by atoms with Crippen LogP contribution in [0.25, 0.3) is 17.0 Å². The zero-order valence-corrected chi connectivity index (χ0v) is 14.7. The van der Waals surface area contributed by atoms with Crippen LogP contribution in [0.5, 0.6) is 5.75 Å². The molecule has 0 saturated heterocycles. The number of aromatic amines is 1. The molecule has 0 spiro atoms. The van der Waals surface area contributed by atoms with Gasteiger partial charge in [-0.15, -0.1) is 0 Å². The van der Waals surface area contributed by atoms with Crippen molar-refractivity contribution in [3.63, 3.8) is 0 Å². The van der Waals surface area contributed by atoms with Gasteiger partial charge in [0.15, 0.2) is 0 Å². The van der Waals surface area contributed by atoms with Crippen LogP contribution in [0.2, 0.25) is 0 Å². The van der Waals surface area contributed by atoms with Gasteiger partial charge in [0, 0.05) is 28.2 Å². The Balaban J connectivity index is 1.36. The third kappa shape index (κ3) is 3.75. The topological polar surface area (TPSA) is 92.5 Å². The summed E-state index contributed by atoms with van der Waals surface area (Å²) < 4.78 is 5.65. The zero-order chi connectivity index (χ0) is 18.6. The fourth-order valence-electron chi connectivity index (χ4n) is 3.10. The third-order valence-corrected chi connectivity index (χ3v) is 4.51. The summed E-state index contributed by atoms with van der Waals surface area (Å²) in [6.45, 7) is 0.414. The Morgan fingerprint density at radius 2 is 2.07 bits per heavy atom. The molecule has 1 aliphatic heterocycles. The molecule has 3 aromatic rings. The molecule has 2 aromatic carbocycles. The average molecular weight is 360 g/mol. The van der Waals surface area contributed by atoms with E-state index in [0.717, 1.165) is 33.4 Å². The molecule has 2 heterocycles. The highest BCUT2D eigenvalue weighted by Gasteiger charge is 2.16. The van der Waals surface area contributed by atoms with E-state index in [0.29, 0.717) is 13.0 Å². The Kier molecular flexibility index (Phi) is 4.72. The Morgan fingerprint density at radius 3 is 3.00 bits per heavy atom. The van der Waals surface area contributed by atoms with Crippen LogP contribution in [0.1, 0.15) is 11.1 Å². The maximum atomic E-state index is 12.2. The van der Waals surface area contributed by atoms with Crippen LogP contribution in [0.3, 0.4) is 0 Å². The molecule has 0 radical (unpaired) electrons. The minimum atomic E-state index is -0.682. The number of hydrogen-bond acceptors (Lipinski definition) is 4. The summed E-state index contributed by atoms with van der Waals surface area (Å²) in [5, 5.41) is 5.10. The van der Waals surface area contributed by atoms with E-state index in [1.54, 1.807) is 6.21 Å². The maximum absolute atomic E-state index is 12.2. The molecule has 0 saturated carbocycles. The number of aromatic nitrogens is 1. The number of para-hydroxylation sites is 2. The predicted octanol–water partition coefficient (Wildman–Crippen LogP) is 2.62. The van der Waals surface area contributed by atoms with Crippen LogP contribution in [0.4, 0.5) is 0 Å². The van der Waals surface area contributed by atoms with Crippen molar-refractivity contribution < 1.29 is 9.53 Å². The Hall–Kier alpha value is -3.38. The van der Waals surface area contributed by atoms with E-state index >= 15 is 0 Å². The van der Waals surface area contributed by atoms with Gasteiger partial charge < -0.3 is 15.5 Å². The number of carbonyl (C=O) groups is 1. The van der Waals surface area contributed by atoms with Crippen LogP contribution in [-0.2, 0) is 11.2 Å². The third-order valence-electron chi connectivity index (χ3n) is 4.51. The molecule has 4 rings (SSSR count). The van der Waals surface area contributed by atoms with E-state index in [-0.39, 0.29) is 5.91 Å². The molecular weight excluding hydrogens is 340 g/mol. The lowest BCUT2D eigenvalue weighted by Crippen LogP contribution is -2.39. The first-order chi connectivity index (χ1) is 13.2. The number of nitrogens with one attached hydrogen (secondary N) is 2. The normalized spacial score (nSPS) is 14.5. The minimum Gasteiger partial charge on any atom is -0.488 e. The van der Waals surface area contributed by atoms with Crippen molar-refractivity contribution in [2.45, 2.75) is 12.5 Å². The number of nitrogens with two attached hydrogens (primary N) is 1. The molecule has 0 unspecified atom stereocenters. The molecule has 1 amide bonds. The molecule has 4 N–H and O–H groups in total. The summed E-state index contributed by atoms with van der Waals surface area (Å²) in [7, 11) is 0. The number of hydrogen-bond donors (Lipinski definition) is 3. The van der Waals surface area contributed by atoms with Gasteiger partial charge in [0.1, 0.15) is 12.4 Å². The smallest absolute Gasteiger partial charge is 0.257 e. The van der Waals surface area contributed by atoms with Crippen molar-refractivity contribution >= 4 is 29.1 Å². The minimum absolute atomic E-state index is 0.325. The van der Waals surface area contributed by atoms with Crippen molar-refractivity contribution in [3.05, 3.63) is 71.4 Å². The van der Waals surface area contributed by atoms with Crippen LogP contribution in [0, 0.1) is 0 Å². The lowest BCUT2D eigenvalue weighted by atomic mass is 10.1. The monoisotopic (exact) mass is 360 g/mol. The molecular formula is C21H20N4O2. The largest absolute Gasteiger partial charge is 0.488 e. The first-order valence-corrected chi connectivity index (χ1v) is 8.76. The average Bonchev–Trinajstić information content (AvgIpc) is 3.11. The Bertz CT molecular complexity index is 1040. The molecule has 1 atom stereocenters. The number of carbonyl (C=O) groups excluding carboxylic acids is 1. The van der Waals surface area contributed by atoms with Crippen LogP contribution in [-0.4, -0.2) is 29.8 Å². The number of amides is 1. The highest BCUT2D eigenvalue weighted by molar-refractivity contribution is 5.90. The second-order valence-corrected chi connectivity index (χ2v) is 6.45. The Morgan fingerprint density at radius 1 is 1.26 bits per heavy atom. The van der Waals surface area contributed by atoms with E-state index in [1.807, 2.05) is 60.8 Å². The number of benzene rings is 2. The van der Waals surface area contributed by atoms with Gasteiger partial charge >= 0.3 is 0 Å². The summed E-state index contributed by atoms with van der Waals surface area (Å²) in [5.74, 6) is 0.522. The molecule has 136 valence electrons. The summed E-state index contributed by atoms with van der Waals surface area (Å²) >= 11 is 0. The SMILES string of the molecule is N[C@@H](Cc1c[nH]c2ccccc12)C(=O)N/N=C\C1=Cc2ccccc2OC1. The van der Waals surface area contributed by atoms with E-state index in [1.165, 1.54) is 0 Å². The van der Waals surface area contributed by atoms with Gasteiger partial charge in [0.25, 0.3) is 5.91 Å². The van der Waals surface area contributed by atoms with Crippen molar-refractivity contribution in [1.82, 2.24) is 10.4 Å². The van der Waals surface area contributed by atoms with Gasteiger partial charge in [-0.3, -0.25) is 4.79 Å².